The van der Waals surface area contributed by atoms with E-state index in [0.717, 1.165) is 17.6 Å². The van der Waals surface area contributed by atoms with Gasteiger partial charge in [-0.1, -0.05) is 50.5 Å². The van der Waals surface area contributed by atoms with E-state index in [9.17, 15) is 50.5 Å². The van der Waals surface area contributed by atoms with Crippen molar-refractivity contribution in [1.82, 2.24) is 0 Å². The van der Waals surface area contributed by atoms with E-state index in [1.807, 2.05) is 20.8 Å². The second kappa shape index (κ2) is 13.3. The van der Waals surface area contributed by atoms with Crippen LogP contribution in [0.25, 0.3) is 6.08 Å². The number of carbonyl (C=O) groups is 2. The third-order valence-electron chi connectivity index (χ3n) is 9.41. The highest BCUT2D eigenvalue weighted by molar-refractivity contribution is 6.43. The Hall–Kier alpha value is -3.65. The number of aromatic hydroxyl groups is 1. The van der Waals surface area contributed by atoms with Crippen LogP contribution in [-0.2, 0) is 26.6 Å². The van der Waals surface area contributed by atoms with Crippen molar-refractivity contribution in [2.24, 2.45) is 23.7 Å². The number of imide groups is 1. The molecule has 2 fully saturated rings. The Kier molecular flexibility index (Phi) is 9.91. The number of hydrogen-bond donors (Lipinski definition) is 2. The number of phenolic OH excluding ortho intramolecular Hbond substituents is 1. The second-order valence-corrected chi connectivity index (χ2v) is 13.0. The molecule has 2 amide bonds. The number of halogens is 7. The number of phenols is 1. The molecular formula is C34H35BF7NO5. The van der Waals surface area contributed by atoms with Gasteiger partial charge < -0.3 is 14.8 Å². The Morgan fingerprint density at radius 3 is 2.21 bits per heavy atom. The molecule has 0 spiro atoms. The molecule has 48 heavy (non-hydrogen) atoms. The molecular weight excluding hydrogens is 646 g/mol. The average molecular weight is 681 g/mol. The molecule has 0 radical (unpaired) electrons. The van der Waals surface area contributed by atoms with Crippen molar-refractivity contribution in [3.63, 3.8) is 0 Å². The lowest BCUT2D eigenvalue weighted by Gasteiger charge is -2.44. The fourth-order valence-corrected chi connectivity index (χ4v) is 7.33. The van der Waals surface area contributed by atoms with E-state index in [1.54, 1.807) is 12.1 Å². The zero-order valence-electron chi connectivity index (χ0n) is 26.5. The van der Waals surface area contributed by atoms with Gasteiger partial charge in [-0.3, -0.25) is 9.59 Å². The molecule has 2 aliphatic heterocycles. The Bertz CT molecular complexity index is 1620. The zero-order valence-corrected chi connectivity index (χ0v) is 26.5. The highest BCUT2D eigenvalue weighted by Crippen LogP contribution is 2.53. The summed E-state index contributed by atoms with van der Waals surface area (Å²) in [7, 11) is -1.34. The van der Waals surface area contributed by atoms with E-state index in [2.05, 4.69) is 0 Å². The maximum atomic E-state index is 14.0. The molecule has 3 aliphatic rings. The van der Waals surface area contributed by atoms with Crippen molar-refractivity contribution in [1.29, 1.82) is 0 Å². The van der Waals surface area contributed by atoms with Crippen LogP contribution in [0.3, 0.4) is 0 Å². The second-order valence-electron chi connectivity index (χ2n) is 13.0. The topological polar surface area (TPSA) is 87.1 Å². The van der Waals surface area contributed by atoms with Gasteiger partial charge in [-0.15, -0.1) is 0 Å². The molecule has 2 aromatic rings. The number of hydrogen-bond acceptors (Lipinski definition) is 5. The van der Waals surface area contributed by atoms with E-state index in [0.29, 0.717) is 47.4 Å². The number of amides is 2. The van der Waals surface area contributed by atoms with Gasteiger partial charge in [0.2, 0.25) is 11.8 Å². The number of alkyl halides is 6. The van der Waals surface area contributed by atoms with Gasteiger partial charge in [-0.25, -0.2) is 9.29 Å². The monoisotopic (exact) mass is 681 g/mol. The first-order valence-corrected chi connectivity index (χ1v) is 15.8. The first kappa shape index (κ1) is 35.7. The van der Waals surface area contributed by atoms with Crippen molar-refractivity contribution in [3.8, 4) is 5.75 Å². The fraction of sp³-hybridized carbons (Fsp3) is 0.471. The largest absolute Gasteiger partial charge is 0.505 e. The summed E-state index contributed by atoms with van der Waals surface area (Å²) in [4.78, 5) is 28.2. The maximum absolute atomic E-state index is 14.0. The summed E-state index contributed by atoms with van der Waals surface area (Å²) in [6.45, 7) is 5.73. The van der Waals surface area contributed by atoms with Crippen molar-refractivity contribution >= 4 is 30.7 Å². The first-order valence-electron chi connectivity index (χ1n) is 15.8. The predicted octanol–water partition coefficient (Wildman–Crippen LogP) is 8.19. The number of rotatable bonds is 8. The van der Waals surface area contributed by atoms with Gasteiger partial charge in [-0.05, 0) is 85.3 Å². The van der Waals surface area contributed by atoms with Crippen LogP contribution < -0.4 is 4.90 Å². The molecule has 1 aliphatic carbocycles. The lowest BCUT2D eigenvalue weighted by Crippen LogP contribution is -2.46. The van der Waals surface area contributed by atoms with Crippen LogP contribution in [-0.4, -0.2) is 35.2 Å². The highest BCUT2D eigenvalue weighted by Gasteiger charge is 2.58. The van der Waals surface area contributed by atoms with Crippen molar-refractivity contribution in [2.75, 3.05) is 4.90 Å². The standard InChI is InChI=1S/C34H35BF7NO5/c1-4-5-18(10-19-6-8-27(44)26(36)11-19)7-9-28-29-23(17(2)3)15-24-30(25(29)16-35(47)48-28)32(46)43(31(24)45)22-13-20(33(37,38)39)12-21(14-22)34(40,41)42/h6,8,10-14,17,24-25,28,30,44,47H,4-5,7,9,15-16H2,1-3H3/b18-10+/t24-,25+,28-,30-/m1/s1. The van der Waals surface area contributed by atoms with Gasteiger partial charge in [-0.2, -0.15) is 26.3 Å². The third-order valence-corrected chi connectivity index (χ3v) is 9.41. The van der Waals surface area contributed by atoms with E-state index >= 15 is 0 Å². The first-order chi connectivity index (χ1) is 22.4. The van der Waals surface area contributed by atoms with Crippen molar-refractivity contribution < 1.29 is 55.1 Å². The highest BCUT2D eigenvalue weighted by atomic mass is 19.4. The van der Waals surface area contributed by atoms with Crippen LogP contribution in [0.1, 0.15) is 69.6 Å². The molecule has 0 saturated carbocycles. The number of carbonyl (C=O) groups excluding carboxylic acids is 2. The number of fused-ring (bicyclic) bond motifs is 3. The Labute approximate surface area is 273 Å². The van der Waals surface area contributed by atoms with Gasteiger partial charge in [0.15, 0.2) is 11.6 Å². The summed E-state index contributed by atoms with van der Waals surface area (Å²) in [6.07, 6.45) is -7.05. The summed E-state index contributed by atoms with van der Waals surface area (Å²) < 4.78 is 102. The van der Waals surface area contributed by atoms with Gasteiger partial charge in [0, 0.05) is 0 Å². The van der Waals surface area contributed by atoms with E-state index in [-0.39, 0.29) is 24.7 Å². The minimum absolute atomic E-state index is 0.0563. The Morgan fingerprint density at radius 2 is 1.65 bits per heavy atom. The molecule has 2 heterocycles. The third kappa shape index (κ3) is 7.05. The molecule has 2 aromatic carbocycles. The Morgan fingerprint density at radius 1 is 1.00 bits per heavy atom. The lowest BCUT2D eigenvalue weighted by molar-refractivity contribution is -0.143. The normalized spacial score (nSPS) is 23.7. The number of allylic oxidation sites excluding steroid dienone is 2. The fourth-order valence-electron chi connectivity index (χ4n) is 7.33. The molecule has 5 rings (SSSR count). The quantitative estimate of drug-likeness (QED) is 0.127. The summed E-state index contributed by atoms with van der Waals surface area (Å²) in [5.41, 5.74) is -1.11. The van der Waals surface area contributed by atoms with Crippen LogP contribution in [0.2, 0.25) is 6.32 Å². The van der Waals surface area contributed by atoms with Crippen molar-refractivity contribution in [3.05, 3.63) is 75.6 Å². The number of anilines is 1. The summed E-state index contributed by atoms with van der Waals surface area (Å²) >= 11 is 0. The summed E-state index contributed by atoms with van der Waals surface area (Å²) in [5, 5.41) is 20.4. The average Bonchev–Trinajstić information content (AvgIpc) is 3.25. The summed E-state index contributed by atoms with van der Waals surface area (Å²) in [6, 6.07) is 4.73. The van der Waals surface area contributed by atoms with Gasteiger partial charge >= 0.3 is 19.5 Å². The van der Waals surface area contributed by atoms with Crippen LogP contribution in [0.4, 0.5) is 36.4 Å². The van der Waals surface area contributed by atoms with Gasteiger partial charge in [0.05, 0.1) is 34.8 Å². The van der Waals surface area contributed by atoms with Gasteiger partial charge in [0.1, 0.15) is 0 Å². The van der Waals surface area contributed by atoms with Gasteiger partial charge in [0.25, 0.3) is 0 Å². The Balaban J connectivity index is 1.50. The predicted molar refractivity (Wildman–Crippen MR) is 164 cm³/mol. The molecule has 6 nitrogen and oxygen atoms in total. The smallest absolute Gasteiger partial charge is 0.455 e. The van der Waals surface area contributed by atoms with Crippen LogP contribution >= 0.6 is 0 Å². The molecule has 258 valence electrons. The minimum atomic E-state index is -5.17. The van der Waals surface area contributed by atoms with Crippen LogP contribution in [0.15, 0.2) is 53.1 Å². The molecule has 14 heteroatoms. The molecule has 2 N–H and O–H groups in total. The maximum Gasteiger partial charge on any atom is 0.455 e. The van der Waals surface area contributed by atoms with E-state index in [4.69, 9.17) is 4.65 Å². The number of nitrogens with zero attached hydrogens (tertiary/aromatic N) is 1. The van der Waals surface area contributed by atoms with Crippen molar-refractivity contribution in [2.45, 2.75) is 77.7 Å². The van der Waals surface area contributed by atoms with E-state index in [1.165, 1.54) is 12.1 Å². The van der Waals surface area contributed by atoms with Crippen LogP contribution in [0.5, 0.6) is 5.75 Å². The SMILES string of the molecule is CCC/C(=C\c1ccc(O)c(F)c1)CC[C@H]1OB(O)C[C@H]2C1=C(C(C)C)C[C@H]1C(=O)N(c3cc(C(F)(F)F)cc(C(F)(F)F)c3)C(=O)[C@H]12. The molecule has 4 atom stereocenters. The lowest BCUT2D eigenvalue weighted by atomic mass is 9.57. The molecule has 0 unspecified atom stereocenters. The molecule has 0 bridgehead atoms. The van der Waals surface area contributed by atoms with Crippen LogP contribution in [0, 0.1) is 29.5 Å². The summed E-state index contributed by atoms with van der Waals surface area (Å²) in [5.74, 6) is -6.11. The number of benzene rings is 2. The zero-order chi connectivity index (χ0) is 35.3. The molecule has 0 aromatic heterocycles. The molecule has 2 saturated heterocycles. The minimum Gasteiger partial charge on any atom is -0.505 e. The van der Waals surface area contributed by atoms with E-state index < -0.39 is 83.5 Å².